The van der Waals surface area contributed by atoms with E-state index >= 15 is 0 Å². The zero-order valence-electron chi connectivity index (χ0n) is 21.2. The Kier molecular flexibility index (Phi) is 23.4. The van der Waals surface area contributed by atoms with E-state index in [1.807, 2.05) is 0 Å². The molecule has 0 aromatic carbocycles. The largest absolute Gasteiger partial charge is 0.500 e. The summed E-state index contributed by atoms with van der Waals surface area (Å²) in [7, 11) is 2.31. The first kappa shape index (κ1) is 31.1. The monoisotopic (exact) mass is 476 g/mol. The van der Waals surface area contributed by atoms with Gasteiger partial charge in [0.2, 0.25) is 0 Å². The SMILES string of the molecule is CCCCCCCCCCCCCCCCCCCC(=O)SCC[Si](OC)(OC)OC. The van der Waals surface area contributed by atoms with Crippen LogP contribution in [0.25, 0.3) is 0 Å². The normalized spacial score (nSPS) is 11.9. The summed E-state index contributed by atoms with van der Waals surface area (Å²) in [6, 6.07) is 0.673. The van der Waals surface area contributed by atoms with Crippen molar-refractivity contribution in [2.75, 3.05) is 27.1 Å². The molecule has 0 heterocycles. The summed E-state index contributed by atoms with van der Waals surface area (Å²) in [6.45, 7) is 2.28. The highest BCUT2D eigenvalue weighted by Crippen LogP contribution is 2.19. The molecule has 0 amide bonds. The minimum absolute atomic E-state index is 0.284. The number of carbonyl (C=O) groups excluding carboxylic acids is 1. The molecular weight excluding hydrogens is 424 g/mol. The molecule has 186 valence electrons. The molecule has 0 saturated carbocycles. The van der Waals surface area contributed by atoms with Gasteiger partial charge < -0.3 is 13.3 Å². The van der Waals surface area contributed by atoms with E-state index in [0.29, 0.717) is 18.2 Å². The summed E-state index contributed by atoms with van der Waals surface area (Å²) in [5.41, 5.74) is 0. The summed E-state index contributed by atoms with van der Waals surface area (Å²) in [5.74, 6) is 0.708. The van der Waals surface area contributed by atoms with Gasteiger partial charge in [-0.15, -0.1) is 0 Å². The van der Waals surface area contributed by atoms with Crippen molar-refractivity contribution >= 4 is 25.7 Å². The van der Waals surface area contributed by atoms with E-state index < -0.39 is 8.80 Å². The van der Waals surface area contributed by atoms with Gasteiger partial charge in [-0.2, -0.15) is 0 Å². The summed E-state index contributed by atoms with van der Waals surface area (Å²) in [5, 5.41) is 0.284. The highest BCUT2D eigenvalue weighted by atomic mass is 32.2. The van der Waals surface area contributed by atoms with Gasteiger partial charge in [-0.05, 0) is 6.42 Å². The Morgan fingerprint density at radius 3 is 1.32 bits per heavy atom. The molecule has 0 bridgehead atoms. The van der Waals surface area contributed by atoms with E-state index in [9.17, 15) is 4.79 Å². The van der Waals surface area contributed by atoms with Crippen LogP contribution in [0.15, 0.2) is 0 Å². The number of thioether (sulfide) groups is 1. The zero-order chi connectivity index (χ0) is 23.0. The van der Waals surface area contributed by atoms with Gasteiger partial charge in [-0.25, -0.2) is 0 Å². The Morgan fingerprint density at radius 2 is 0.968 bits per heavy atom. The lowest BCUT2D eigenvalue weighted by molar-refractivity contribution is -0.111. The molecule has 0 unspecified atom stereocenters. The molecular formula is C25H52O4SSi. The minimum atomic E-state index is -2.54. The van der Waals surface area contributed by atoms with Gasteiger partial charge in [-0.3, -0.25) is 4.79 Å². The number of carbonyl (C=O) groups is 1. The average Bonchev–Trinajstić information content (AvgIpc) is 2.79. The van der Waals surface area contributed by atoms with Crippen LogP contribution in [-0.2, 0) is 18.1 Å². The van der Waals surface area contributed by atoms with Crippen LogP contribution < -0.4 is 0 Å². The van der Waals surface area contributed by atoms with Crippen LogP contribution in [0.4, 0.5) is 0 Å². The van der Waals surface area contributed by atoms with Gasteiger partial charge in [0.15, 0.2) is 5.12 Å². The van der Waals surface area contributed by atoms with Crippen LogP contribution in [-0.4, -0.2) is 41.0 Å². The zero-order valence-corrected chi connectivity index (χ0v) is 23.0. The van der Waals surface area contributed by atoms with Crippen LogP contribution in [0.3, 0.4) is 0 Å². The average molecular weight is 477 g/mol. The Hall–Kier alpha value is 0.117. The van der Waals surface area contributed by atoms with Crippen LogP contribution >= 0.6 is 11.8 Å². The third kappa shape index (κ3) is 19.3. The fourth-order valence-corrected chi connectivity index (χ4v) is 6.95. The molecule has 0 saturated heterocycles. The summed E-state index contributed by atoms with van der Waals surface area (Å²) in [6.07, 6.45) is 23.9. The number of hydrogen-bond donors (Lipinski definition) is 0. The maximum atomic E-state index is 12.0. The van der Waals surface area contributed by atoms with Crippen molar-refractivity contribution in [3.63, 3.8) is 0 Å². The van der Waals surface area contributed by atoms with Crippen molar-refractivity contribution in [2.24, 2.45) is 0 Å². The predicted molar refractivity (Wildman–Crippen MR) is 138 cm³/mol. The molecule has 0 fully saturated rings. The van der Waals surface area contributed by atoms with Crippen molar-refractivity contribution in [2.45, 2.75) is 129 Å². The lowest BCUT2D eigenvalue weighted by Crippen LogP contribution is -2.43. The van der Waals surface area contributed by atoms with Gasteiger partial charge in [0.25, 0.3) is 0 Å². The van der Waals surface area contributed by atoms with Crippen molar-refractivity contribution < 1.29 is 18.1 Å². The van der Waals surface area contributed by atoms with E-state index in [-0.39, 0.29) is 5.12 Å². The third-order valence-corrected chi connectivity index (χ3v) is 10.1. The predicted octanol–water partition coefficient (Wildman–Crippen LogP) is 8.17. The highest BCUT2D eigenvalue weighted by molar-refractivity contribution is 8.13. The van der Waals surface area contributed by atoms with Crippen molar-refractivity contribution in [3.8, 4) is 0 Å². The van der Waals surface area contributed by atoms with Gasteiger partial charge in [0, 0.05) is 39.5 Å². The van der Waals surface area contributed by atoms with Gasteiger partial charge in [-0.1, -0.05) is 121 Å². The van der Waals surface area contributed by atoms with Crippen LogP contribution in [0.5, 0.6) is 0 Å². The van der Waals surface area contributed by atoms with Crippen LogP contribution in [0.2, 0.25) is 6.04 Å². The van der Waals surface area contributed by atoms with Crippen molar-refractivity contribution in [3.05, 3.63) is 0 Å². The van der Waals surface area contributed by atoms with E-state index in [2.05, 4.69) is 6.92 Å². The molecule has 0 aliphatic heterocycles. The summed E-state index contributed by atoms with van der Waals surface area (Å²) < 4.78 is 16.2. The van der Waals surface area contributed by atoms with Gasteiger partial charge in [0.05, 0.1) is 0 Å². The Morgan fingerprint density at radius 1 is 0.613 bits per heavy atom. The number of rotatable bonds is 24. The molecule has 0 aliphatic rings. The maximum absolute atomic E-state index is 12.0. The number of hydrogen-bond acceptors (Lipinski definition) is 5. The van der Waals surface area contributed by atoms with Crippen molar-refractivity contribution in [1.29, 1.82) is 0 Å². The topological polar surface area (TPSA) is 44.8 Å². The first-order chi connectivity index (χ1) is 15.1. The van der Waals surface area contributed by atoms with E-state index in [0.717, 1.165) is 6.42 Å². The first-order valence-corrected chi connectivity index (χ1v) is 15.9. The number of unbranched alkanes of at least 4 members (excludes halogenated alkanes) is 16. The lowest BCUT2D eigenvalue weighted by Gasteiger charge is -2.23. The fraction of sp³-hybridized carbons (Fsp3) is 0.960. The molecule has 0 aromatic rings. The van der Waals surface area contributed by atoms with E-state index in [1.54, 1.807) is 21.3 Å². The molecule has 0 radical (unpaired) electrons. The standard InChI is InChI=1S/C25H52O4SSi/c1-5-6-7-8-9-10-11-12-13-14-15-16-17-18-19-20-21-22-25(26)30-23-24-31(27-2,28-3)29-4/h5-24H2,1-4H3. The second-order valence-electron chi connectivity index (χ2n) is 8.67. The van der Waals surface area contributed by atoms with E-state index in [4.69, 9.17) is 13.3 Å². The van der Waals surface area contributed by atoms with E-state index in [1.165, 1.54) is 114 Å². The molecule has 31 heavy (non-hydrogen) atoms. The second kappa shape index (κ2) is 23.3. The summed E-state index contributed by atoms with van der Waals surface area (Å²) in [4.78, 5) is 12.0. The molecule has 4 nitrogen and oxygen atoms in total. The minimum Gasteiger partial charge on any atom is -0.377 e. The third-order valence-electron chi connectivity index (χ3n) is 6.09. The lowest BCUT2D eigenvalue weighted by atomic mass is 10.0. The first-order valence-electron chi connectivity index (χ1n) is 12.9. The Bertz CT molecular complexity index is 383. The fourth-order valence-electron chi connectivity index (χ4n) is 3.91. The molecule has 0 spiro atoms. The smallest absolute Gasteiger partial charge is 0.377 e. The molecule has 0 rings (SSSR count). The van der Waals surface area contributed by atoms with Crippen LogP contribution in [0.1, 0.15) is 122 Å². The molecule has 0 aromatic heterocycles. The molecule has 6 heteroatoms. The maximum Gasteiger partial charge on any atom is 0.500 e. The summed E-state index contributed by atoms with van der Waals surface area (Å²) >= 11 is 1.39. The van der Waals surface area contributed by atoms with Gasteiger partial charge in [0.1, 0.15) is 0 Å². The Balaban J connectivity index is 3.31. The Labute approximate surface area is 199 Å². The molecule has 0 atom stereocenters. The highest BCUT2D eigenvalue weighted by Gasteiger charge is 2.37. The molecule has 0 N–H and O–H groups in total. The second-order valence-corrected chi connectivity index (χ2v) is 12.9. The molecule has 0 aliphatic carbocycles. The van der Waals surface area contributed by atoms with Crippen molar-refractivity contribution in [1.82, 2.24) is 0 Å². The van der Waals surface area contributed by atoms with Crippen LogP contribution in [0, 0.1) is 0 Å². The van der Waals surface area contributed by atoms with Gasteiger partial charge >= 0.3 is 8.80 Å². The quantitative estimate of drug-likeness (QED) is 0.104.